The van der Waals surface area contributed by atoms with Crippen molar-refractivity contribution in [2.45, 2.75) is 85.2 Å². The Hall–Kier alpha value is -1.79. The van der Waals surface area contributed by atoms with E-state index in [2.05, 4.69) is 38.8 Å². The number of esters is 1. The lowest BCUT2D eigenvalue weighted by molar-refractivity contribution is -0.143. The molecule has 31 heavy (non-hydrogen) atoms. The first kappa shape index (κ1) is 22.4. The van der Waals surface area contributed by atoms with Crippen LogP contribution in [0.2, 0.25) is 0 Å². The van der Waals surface area contributed by atoms with Crippen LogP contribution in [-0.4, -0.2) is 16.7 Å². The Morgan fingerprint density at radius 2 is 2.06 bits per heavy atom. The summed E-state index contributed by atoms with van der Waals surface area (Å²) in [4.78, 5) is 12.4. The summed E-state index contributed by atoms with van der Waals surface area (Å²) in [5.41, 5.74) is 1.01. The van der Waals surface area contributed by atoms with Crippen LogP contribution in [0.1, 0.15) is 84.3 Å². The topological polar surface area (TPSA) is 46.5 Å². The minimum atomic E-state index is -0.994. The number of benzene rings is 1. The molecule has 3 aliphatic rings. The molecule has 3 heteroatoms. The Labute approximate surface area is 188 Å². The van der Waals surface area contributed by atoms with Gasteiger partial charge in [0.15, 0.2) is 0 Å². The number of aliphatic hydroxyl groups is 1. The second-order valence-corrected chi connectivity index (χ2v) is 11.7. The summed E-state index contributed by atoms with van der Waals surface area (Å²) in [6, 6.07) is 6.26. The molecule has 3 nitrogen and oxygen atoms in total. The van der Waals surface area contributed by atoms with Gasteiger partial charge in [-0.25, -0.2) is 0 Å². The number of rotatable bonds is 2. The van der Waals surface area contributed by atoms with E-state index in [-0.39, 0.29) is 11.4 Å². The van der Waals surface area contributed by atoms with Gasteiger partial charge in [0.1, 0.15) is 11.4 Å². The molecule has 1 N–H and O–H groups in total. The summed E-state index contributed by atoms with van der Waals surface area (Å²) in [6.07, 6.45) is 10.7. The number of fused-ring (bicyclic) bond motifs is 5. The Morgan fingerprint density at radius 1 is 1.35 bits per heavy atom. The van der Waals surface area contributed by atoms with Crippen molar-refractivity contribution >= 4 is 5.97 Å². The summed E-state index contributed by atoms with van der Waals surface area (Å²) in [6.45, 7) is 12.5. The molecular weight excluding hydrogens is 384 g/mol. The van der Waals surface area contributed by atoms with Crippen molar-refractivity contribution in [1.82, 2.24) is 0 Å². The first-order valence-corrected chi connectivity index (χ1v) is 12.0. The van der Waals surface area contributed by atoms with E-state index in [0.29, 0.717) is 41.8 Å². The third-order valence-electron chi connectivity index (χ3n) is 8.89. The Morgan fingerprint density at radius 3 is 2.68 bits per heavy atom. The van der Waals surface area contributed by atoms with Crippen molar-refractivity contribution < 1.29 is 14.6 Å². The highest BCUT2D eigenvalue weighted by molar-refractivity contribution is 5.77. The van der Waals surface area contributed by atoms with Crippen LogP contribution in [0.15, 0.2) is 18.2 Å². The van der Waals surface area contributed by atoms with E-state index in [1.807, 2.05) is 26.8 Å². The molecule has 7 atom stereocenters. The summed E-state index contributed by atoms with van der Waals surface area (Å²) in [5.74, 6) is 5.69. The average molecular weight is 423 g/mol. The fourth-order valence-electron chi connectivity index (χ4n) is 7.29. The fraction of sp³-hybridized carbons (Fsp3) is 0.679. The third-order valence-corrected chi connectivity index (χ3v) is 8.89. The molecule has 3 aliphatic carbocycles. The highest BCUT2D eigenvalue weighted by atomic mass is 16.5. The van der Waals surface area contributed by atoms with Crippen LogP contribution in [0, 0.1) is 46.8 Å². The van der Waals surface area contributed by atoms with Crippen LogP contribution in [0.3, 0.4) is 0 Å². The second kappa shape index (κ2) is 7.38. The van der Waals surface area contributed by atoms with Gasteiger partial charge in [-0.05, 0) is 99.3 Å². The largest absolute Gasteiger partial charge is 0.426 e. The lowest BCUT2D eigenvalue weighted by Gasteiger charge is -2.55. The van der Waals surface area contributed by atoms with Gasteiger partial charge in [-0.2, -0.15) is 0 Å². The third kappa shape index (κ3) is 3.34. The molecule has 0 heterocycles. The van der Waals surface area contributed by atoms with Crippen molar-refractivity contribution in [3.8, 4) is 18.1 Å². The minimum Gasteiger partial charge on any atom is -0.426 e. The maximum atomic E-state index is 12.4. The summed E-state index contributed by atoms with van der Waals surface area (Å²) < 4.78 is 5.70. The van der Waals surface area contributed by atoms with Crippen LogP contribution < -0.4 is 4.74 Å². The fourth-order valence-corrected chi connectivity index (χ4v) is 7.29. The minimum absolute atomic E-state index is 0.199. The molecular formula is C28H38O3. The molecule has 0 unspecified atom stereocenters. The SMILES string of the molecule is C#C[C@]1(O)C[C@@H](C)[C@H]2[C@@H]3[C@H](CC)Cc4cc(OC(=O)C(C)(C)C)ccc4[C@H]3CC[C@@]21C. The molecule has 2 saturated carbocycles. The zero-order valence-corrected chi connectivity index (χ0v) is 20.0. The highest BCUT2D eigenvalue weighted by Gasteiger charge is 2.64. The molecule has 0 bridgehead atoms. The average Bonchev–Trinajstić information content (AvgIpc) is 2.92. The lowest BCUT2D eigenvalue weighted by Crippen LogP contribution is -2.52. The number of terminal acetylenes is 1. The molecule has 168 valence electrons. The van der Waals surface area contributed by atoms with E-state index < -0.39 is 11.0 Å². The van der Waals surface area contributed by atoms with Gasteiger partial charge in [-0.3, -0.25) is 4.79 Å². The number of hydrogen-bond donors (Lipinski definition) is 1. The molecule has 0 spiro atoms. The lowest BCUT2D eigenvalue weighted by atomic mass is 9.49. The van der Waals surface area contributed by atoms with E-state index in [1.54, 1.807) is 0 Å². The predicted octanol–water partition coefficient (Wildman–Crippen LogP) is 5.74. The van der Waals surface area contributed by atoms with Crippen LogP contribution in [0.25, 0.3) is 0 Å². The first-order chi connectivity index (χ1) is 14.4. The molecule has 1 aromatic carbocycles. The van der Waals surface area contributed by atoms with Crippen molar-refractivity contribution in [3.05, 3.63) is 29.3 Å². The van der Waals surface area contributed by atoms with Gasteiger partial charge in [0.05, 0.1) is 5.41 Å². The smallest absolute Gasteiger partial charge is 0.316 e. The van der Waals surface area contributed by atoms with Gasteiger partial charge in [0.2, 0.25) is 0 Å². The normalized spacial score (nSPS) is 39.1. The monoisotopic (exact) mass is 422 g/mol. The summed E-state index contributed by atoms with van der Waals surface area (Å²) in [7, 11) is 0. The highest BCUT2D eigenvalue weighted by Crippen LogP contribution is 2.67. The van der Waals surface area contributed by atoms with Crippen LogP contribution >= 0.6 is 0 Å². The second-order valence-electron chi connectivity index (χ2n) is 11.7. The number of ether oxygens (including phenoxy) is 1. The van der Waals surface area contributed by atoms with Crippen LogP contribution in [0.4, 0.5) is 0 Å². The van der Waals surface area contributed by atoms with Crippen molar-refractivity contribution in [1.29, 1.82) is 0 Å². The van der Waals surface area contributed by atoms with Gasteiger partial charge < -0.3 is 9.84 Å². The predicted molar refractivity (Wildman–Crippen MR) is 124 cm³/mol. The molecule has 0 radical (unpaired) electrons. The zero-order chi connectivity index (χ0) is 22.8. The first-order valence-electron chi connectivity index (χ1n) is 12.0. The molecule has 0 aliphatic heterocycles. The number of carbonyl (C=O) groups excluding carboxylic acids is 1. The van der Waals surface area contributed by atoms with Crippen molar-refractivity contribution in [2.24, 2.45) is 34.5 Å². The quantitative estimate of drug-likeness (QED) is 0.375. The molecule has 0 aromatic heterocycles. The summed E-state index contributed by atoms with van der Waals surface area (Å²) in [5, 5.41) is 11.4. The number of carbonyl (C=O) groups is 1. The molecule has 0 amide bonds. The van der Waals surface area contributed by atoms with Gasteiger partial charge in [-0.15, -0.1) is 6.42 Å². The van der Waals surface area contributed by atoms with Gasteiger partial charge in [0, 0.05) is 5.41 Å². The van der Waals surface area contributed by atoms with Crippen LogP contribution in [-0.2, 0) is 11.2 Å². The van der Waals surface area contributed by atoms with E-state index >= 15 is 0 Å². The number of hydrogen-bond acceptors (Lipinski definition) is 3. The van der Waals surface area contributed by atoms with Crippen LogP contribution in [0.5, 0.6) is 5.75 Å². The molecule has 4 rings (SSSR count). The van der Waals surface area contributed by atoms with Crippen molar-refractivity contribution in [2.75, 3.05) is 0 Å². The Kier molecular flexibility index (Phi) is 5.33. The van der Waals surface area contributed by atoms with E-state index in [0.717, 1.165) is 25.7 Å². The van der Waals surface area contributed by atoms with Gasteiger partial charge in [-0.1, -0.05) is 39.2 Å². The van der Waals surface area contributed by atoms with E-state index in [1.165, 1.54) is 11.1 Å². The molecule has 0 saturated heterocycles. The van der Waals surface area contributed by atoms with Gasteiger partial charge in [0.25, 0.3) is 0 Å². The maximum Gasteiger partial charge on any atom is 0.316 e. The maximum absolute atomic E-state index is 12.4. The molecule has 1 aromatic rings. The Bertz CT molecular complexity index is 919. The van der Waals surface area contributed by atoms with E-state index in [9.17, 15) is 9.90 Å². The molecule has 2 fully saturated rings. The Balaban J connectivity index is 1.70. The standard InChI is InChI=1S/C28H38O3/c1-8-18-14-19-15-20(31-25(29)26(4,5)6)10-11-21(19)22-12-13-27(7)24(23(18)22)17(3)16-28(27,30)9-2/h2,10-11,15,17-18,22-24,30H,8,12-14,16H2,1,3-7H3/t17-,18-,22-,23-,24+,27+,28+/m1/s1. The van der Waals surface area contributed by atoms with Gasteiger partial charge >= 0.3 is 5.97 Å². The zero-order valence-electron chi connectivity index (χ0n) is 20.0. The van der Waals surface area contributed by atoms with Crippen molar-refractivity contribution in [3.63, 3.8) is 0 Å². The summed E-state index contributed by atoms with van der Waals surface area (Å²) >= 11 is 0. The van der Waals surface area contributed by atoms with E-state index in [4.69, 9.17) is 11.2 Å².